The zero-order chi connectivity index (χ0) is 7.26. The van der Waals surface area contributed by atoms with Crippen molar-refractivity contribution in [3.05, 3.63) is 29.6 Å². The second-order valence-electron chi connectivity index (χ2n) is 3.33. The molecule has 0 radical (unpaired) electrons. The Morgan fingerprint density at radius 3 is 2.77 bits per heavy atom. The molecule has 1 aromatic rings. The average molecular weight is 219 g/mol. The number of nitrogens with one attached hydrogen (secondary N) is 1. The van der Waals surface area contributed by atoms with Gasteiger partial charge < -0.3 is 5.32 Å². The molecule has 0 amide bonds. The summed E-state index contributed by atoms with van der Waals surface area (Å²) in [6, 6.07) is 5.40. The molecule has 1 N–H and O–H groups in total. The van der Waals surface area contributed by atoms with Crippen molar-refractivity contribution in [3.63, 3.8) is 0 Å². The molecule has 3 heterocycles. The summed E-state index contributed by atoms with van der Waals surface area (Å²) in [5.41, 5.74) is 2.73. The van der Waals surface area contributed by atoms with Crippen LogP contribution in [0.25, 0.3) is 0 Å². The molecule has 0 spiro atoms. The van der Waals surface area contributed by atoms with Crippen molar-refractivity contribution >= 4 is 24.8 Å². The molecule has 2 aliphatic rings. The fourth-order valence-corrected chi connectivity index (χ4v) is 2.22. The molecule has 3 rings (SSSR count). The standard InChI is InChI=1S/C9H10N2.2ClH/c1-2-6-7-3-4-8(11-7)9(6)10-5-1;;/h1-2,5,7-8,11H,3-4H2;2*1H. The Kier molecular flexibility index (Phi) is 3.17. The van der Waals surface area contributed by atoms with Crippen LogP contribution in [0.4, 0.5) is 0 Å². The third-order valence-electron chi connectivity index (χ3n) is 2.72. The molecule has 0 aliphatic carbocycles. The SMILES string of the molecule is Cl.Cl.c1cnc2c(c1)C1CCC2N1. The molecule has 2 atom stereocenters. The van der Waals surface area contributed by atoms with Gasteiger partial charge in [-0.25, -0.2) is 0 Å². The molecule has 13 heavy (non-hydrogen) atoms. The summed E-state index contributed by atoms with van der Waals surface area (Å²) in [5, 5.41) is 3.53. The van der Waals surface area contributed by atoms with E-state index >= 15 is 0 Å². The highest BCUT2D eigenvalue weighted by Gasteiger charge is 2.36. The number of halogens is 2. The number of nitrogens with zero attached hydrogens (tertiary/aromatic N) is 1. The van der Waals surface area contributed by atoms with Crippen molar-refractivity contribution in [1.29, 1.82) is 0 Å². The van der Waals surface area contributed by atoms with Gasteiger partial charge in [-0.3, -0.25) is 4.98 Å². The number of rotatable bonds is 0. The molecular weight excluding hydrogens is 207 g/mol. The van der Waals surface area contributed by atoms with Gasteiger partial charge in [0.25, 0.3) is 0 Å². The fourth-order valence-electron chi connectivity index (χ4n) is 2.22. The molecule has 4 heteroatoms. The summed E-state index contributed by atoms with van der Waals surface area (Å²) < 4.78 is 0. The molecule has 1 aromatic heterocycles. The number of aromatic nitrogens is 1. The lowest BCUT2D eigenvalue weighted by atomic mass is 9.96. The van der Waals surface area contributed by atoms with Crippen molar-refractivity contribution in [2.24, 2.45) is 0 Å². The van der Waals surface area contributed by atoms with E-state index in [9.17, 15) is 0 Å². The van der Waals surface area contributed by atoms with Gasteiger partial charge in [0.05, 0.1) is 11.7 Å². The summed E-state index contributed by atoms with van der Waals surface area (Å²) in [6.45, 7) is 0. The van der Waals surface area contributed by atoms with Crippen LogP contribution >= 0.6 is 24.8 Å². The monoisotopic (exact) mass is 218 g/mol. The first-order chi connectivity index (χ1) is 5.45. The molecule has 1 saturated heterocycles. The van der Waals surface area contributed by atoms with Crippen molar-refractivity contribution in [2.75, 3.05) is 0 Å². The number of hydrogen-bond acceptors (Lipinski definition) is 2. The van der Waals surface area contributed by atoms with Crippen LogP contribution in [0.5, 0.6) is 0 Å². The highest BCUT2D eigenvalue weighted by atomic mass is 35.5. The summed E-state index contributed by atoms with van der Waals surface area (Å²) in [5.74, 6) is 0. The molecule has 1 fully saturated rings. The maximum absolute atomic E-state index is 4.38. The van der Waals surface area contributed by atoms with E-state index in [1.54, 1.807) is 0 Å². The second-order valence-corrected chi connectivity index (χ2v) is 3.33. The number of pyridine rings is 1. The third kappa shape index (κ3) is 1.43. The van der Waals surface area contributed by atoms with E-state index < -0.39 is 0 Å². The minimum Gasteiger partial charge on any atom is -0.302 e. The maximum atomic E-state index is 4.38. The van der Waals surface area contributed by atoms with Crippen LogP contribution in [-0.4, -0.2) is 4.98 Å². The highest BCUT2D eigenvalue weighted by molar-refractivity contribution is 5.85. The third-order valence-corrected chi connectivity index (χ3v) is 2.72. The fraction of sp³-hybridized carbons (Fsp3) is 0.444. The Morgan fingerprint density at radius 1 is 1.23 bits per heavy atom. The lowest BCUT2D eigenvalue weighted by Gasteiger charge is -2.09. The predicted molar refractivity (Wildman–Crippen MR) is 56.6 cm³/mol. The minimum absolute atomic E-state index is 0. The van der Waals surface area contributed by atoms with Crippen molar-refractivity contribution in [3.8, 4) is 0 Å². The Balaban J connectivity index is 0.000000422. The van der Waals surface area contributed by atoms with Gasteiger partial charge >= 0.3 is 0 Å². The van der Waals surface area contributed by atoms with E-state index in [0.717, 1.165) is 0 Å². The quantitative estimate of drug-likeness (QED) is 0.724. The van der Waals surface area contributed by atoms with Gasteiger partial charge in [-0.2, -0.15) is 0 Å². The van der Waals surface area contributed by atoms with Crippen molar-refractivity contribution in [1.82, 2.24) is 10.3 Å². The predicted octanol–water partition coefficient (Wildman–Crippen LogP) is 2.40. The molecular formula is C9H12Cl2N2. The van der Waals surface area contributed by atoms with Gasteiger partial charge in [0.15, 0.2) is 0 Å². The zero-order valence-electron chi connectivity index (χ0n) is 7.06. The van der Waals surface area contributed by atoms with E-state index in [1.807, 2.05) is 12.3 Å². The van der Waals surface area contributed by atoms with E-state index in [0.29, 0.717) is 12.1 Å². The van der Waals surface area contributed by atoms with Crippen molar-refractivity contribution < 1.29 is 0 Å². The lowest BCUT2D eigenvalue weighted by Crippen LogP contribution is -2.06. The van der Waals surface area contributed by atoms with Crippen LogP contribution in [0.1, 0.15) is 36.2 Å². The van der Waals surface area contributed by atoms with Gasteiger partial charge in [-0.05, 0) is 24.5 Å². The molecule has 72 valence electrons. The normalized spacial score (nSPS) is 27.4. The van der Waals surface area contributed by atoms with Crippen molar-refractivity contribution in [2.45, 2.75) is 24.9 Å². The largest absolute Gasteiger partial charge is 0.302 e. The lowest BCUT2D eigenvalue weighted by molar-refractivity contribution is 0.632. The molecule has 2 nitrogen and oxygen atoms in total. The Labute approximate surface area is 90.0 Å². The highest BCUT2D eigenvalue weighted by Crippen LogP contribution is 2.43. The van der Waals surface area contributed by atoms with Crippen LogP contribution in [0.3, 0.4) is 0 Å². The smallest absolute Gasteiger partial charge is 0.0621 e. The van der Waals surface area contributed by atoms with E-state index in [-0.39, 0.29) is 24.8 Å². The number of hydrogen-bond donors (Lipinski definition) is 1. The molecule has 2 aliphatic heterocycles. The first kappa shape index (κ1) is 10.8. The Bertz CT molecular complexity index is 274. The van der Waals surface area contributed by atoms with E-state index in [2.05, 4.69) is 16.4 Å². The Morgan fingerprint density at radius 2 is 2.00 bits per heavy atom. The van der Waals surface area contributed by atoms with Crippen LogP contribution in [-0.2, 0) is 0 Å². The van der Waals surface area contributed by atoms with Gasteiger partial charge in [0.2, 0.25) is 0 Å². The van der Waals surface area contributed by atoms with Gasteiger partial charge in [0.1, 0.15) is 0 Å². The number of fused-ring (bicyclic) bond motifs is 5. The van der Waals surface area contributed by atoms with E-state index in [4.69, 9.17) is 0 Å². The molecule has 2 bridgehead atoms. The van der Waals surface area contributed by atoms with Crippen LogP contribution < -0.4 is 5.32 Å². The first-order valence-electron chi connectivity index (χ1n) is 4.16. The summed E-state index contributed by atoms with van der Waals surface area (Å²) in [4.78, 5) is 4.38. The summed E-state index contributed by atoms with van der Waals surface area (Å²) in [7, 11) is 0. The molecule has 0 aromatic carbocycles. The summed E-state index contributed by atoms with van der Waals surface area (Å²) in [6.07, 6.45) is 4.46. The van der Waals surface area contributed by atoms with Gasteiger partial charge in [-0.1, -0.05) is 6.07 Å². The molecule has 2 unspecified atom stereocenters. The first-order valence-corrected chi connectivity index (χ1v) is 4.16. The topological polar surface area (TPSA) is 24.9 Å². The Hall–Kier alpha value is -0.310. The van der Waals surface area contributed by atoms with Crippen LogP contribution in [0.2, 0.25) is 0 Å². The van der Waals surface area contributed by atoms with Crippen LogP contribution in [0.15, 0.2) is 18.3 Å². The van der Waals surface area contributed by atoms with E-state index in [1.165, 1.54) is 24.1 Å². The zero-order valence-corrected chi connectivity index (χ0v) is 8.70. The van der Waals surface area contributed by atoms with Gasteiger partial charge in [-0.15, -0.1) is 24.8 Å². The summed E-state index contributed by atoms with van der Waals surface area (Å²) >= 11 is 0. The van der Waals surface area contributed by atoms with Crippen LogP contribution in [0, 0.1) is 0 Å². The second kappa shape index (κ2) is 3.82. The minimum atomic E-state index is 0. The van der Waals surface area contributed by atoms with Gasteiger partial charge in [0, 0.05) is 12.2 Å². The maximum Gasteiger partial charge on any atom is 0.0621 e. The average Bonchev–Trinajstić information content (AvgIpc) is 2.64. The molecule has 0 saturated carbocycles.